The van der Waals surface area contributed by atoms with Crippen LogP contribution in [-0.2, 0) is 9.53 Å². The van der Waals surface area contributed by atoms with Crippen LogP contribution in [-0.4, -0.2) is 46.6 Å². The second-order valence-electron chi connectivity index (χ2n) is 12.3. The van der Waals surface area contributed by atoms with Gasteiger partial charge < -0.3 is 14.9 Å². The molecule has 0 heterocycles. The van der Waals surface area contributed by atoms with Crippen molar-refractivity contribution < 1.29 is 24.5 Å². The van der Waals surface area contributed by atoms with Gasteiger partial charge in [0.05, 0.1) is 11.8 Å². The molecule has 37 heavy (non-hydrogen) atoms. The second-order valence-corrected chi connectivity index (χ2v) is 12.3. The van der Waals surface area contributed by atoms with E-state index < -0.39 is 18.8 Å². The summed E-state index contributed by atoms with van der Waals surface area (Å²) in [5, 5.41) is 25.3. The van der Waals surface area contributed by atoms with Crippen molar-refractivity contribution in [1.82, 2.24) is 5.43 Å². The molecule has 0 aromatic rings. The largest absolute Gasteiger partial charge is 0.441 e. The molecule has 3 saturated carbocycles. The predicted molar refractivity (Wildman–Crippen MR) is 142 cm³/mol. The molecule has 202 valence electrons. The average molecular weight is 511 g/mol. The van der Waals surface area contributed by atoms with Crippen molar-refractivity contribution in [3.63, 3.8) is 0 Å². The first kappa shape index (κ1) is 26.4. The number of hydrogen-bond donors (Lipinski definition) is 3. The number of aliphatic hydroxyl groups is 2. The van der Waals surface area contributed by atoms with Gasteiger partial charge in [0.2, 0.25) is 0 Å². The van der Waals surface area contributed by atoms with Crippen LogP contribution in [0.25, 0.3) is 0 Å². The Labute approximate surface area is 220 Å². The highest BCUT2D eigenvalue weighted by Gasteiger charge is 2.62. The van der Waals surface area contributed by atoms with Crippen molar-refractivity contribution in [3.8, 4) is 0 Å². The molecule has 0 aliphatic heterocycles. The first-order valence-corrected chi connectivity index (χ1v) is 14.2. The predicted octanol–water partition coefficient (Wildman–Crippen LogP) is 4.84. The molecule has 5 aliphatic rings. The van der Waals surface area contributed by atoms with Crippen LogP contribution < -0.4 is 5.43 Å². The topological polar surface area (TPSA) is 108 Å². The molecule has 3 N–H and O–H groups in total. The van der Waals surface area contributed by atoms with E-state index in [-0.39, 0.29) is 34.6 Å². The van der Waals surface area contributed by atoms with E-state index in [2.05, 4.69) is 42.6 Å². The number of fused-ring (bicyclic) bond motifs is 5. The summed E-state index contributed by atoms with van der Waals surface area (Å²) in [5.74, 6) is 0.554. The maximum atomic E-state index is 12.5. The number of aliphatic hydroxyl groups excluding tert-OH is 2. The summed E-state index contributed by atoms with van der Waals surface area (Å²) in [6.45, 7) is 3.96. The van der Waals surface area contributed by atoms with E-state index in [1.54, 1.807) is 0 Å². The van der Waals surface area contributed by atoms with Crippen molar-refractivity contribution in [2.45, 2.75) is 90.3 Å². The molecule has 3 fully saturated rings. The van der Waals surface area contributed by atoms with Crippen molar-refractivity contribution in [2.75, 3.05) is 6.61 Å². The Morgan fingerprint density at radius 2 is 2.00 bits per heavy atom. The highest BCUT2D eigenvalue weighted by Crippen LogP contribution is 2.66. The van der Waals surface area contributed by atoms with E-state index in [0.717, 1.165) is 51.4 Å². The number of amides is 1. The molecule has 8 atom stereocenters. The van der Waals surface area contributed by atoms with Gasteiger partial charge in [-0.3, -0.25) is 4.79 Å². The van der Waals surface area contributed by atoms with Gasteiger partial charge in [0.1, 0.15) is 12.7 Å². The number of rotatable bonds is 4. The number of hydrogen-bond acceptors (Lipinski definition) is 6. The van der Waals surface area contributed by atoms with Gasteiger partial charge in [0.15, 0.2) is 5.78 Å². The minimum Gasteiger partial charge on any atom is -0.441 e. The third-order valence-electron chi connectivity index (χ3n) is 10.3. The summed E-state index contributed by atoms with van der Waals surface area (Å²) >= 11 is 0. The molecule has 0 saturated heterocycles. The van der Waals surface area contributed by atoms with Gasteiger partial charge in [-0.2, -0.15) is 5.10 Å². The fourth-order valence-corrected chi connectivity index (χ4v) is 8.55. The lowest BCUT2D eigenvalue weighted by atomic mass is 9.46. The van der Waals surface area contributed by atoms with Gasteiger partial charge in [-0.15, -0.1) is 0 Å². The van der Waals surface area contributed by atoms with Gasteiger partial charge in [-0.25, -0.2) is 10.2 Å². The van der Waals surface area contributed by atoms with Crippen LogP contribution in [0.5, 0.6) is 0 Å². The second kappa shape index (κ2) is 10.5. The number of carbonyl (C=O) groups is 2. The standard InChI is InChI=1S/C30H42N2O5/c1-29-15-14-20(31-32-28(36)37-21-8-6-4-3-5-7-9-21)16-19(29)10-11-22-23-12-13-24(26(35)18-33)30(23,2)17-25(34)27(22)29/h6,8,14-16,21-25,27,33-34H,3-5,7,9-13,17-18H2,1-2H3,(H,32,36)/b8-6+,31-20+. The summed E-state index contributed by atoms with van der Waals surface area (Å²) in [6, 6.07) is 0. The molecule has 0 aromatic heterocycles. The monoisotopic (exact) mass is 510 g/mol. The lowest BCUT2D eigenvalue weighted by Gasteiger charge is -2.58. The quantitative estimate of drug-likeness (QED) is 0.370. The van der Waals surface area contributed by atoms with Gasteiger partial charge in [-0.05, 0) is 93.3 Å². The van der Waals surface area contributed by atoms with E-state index >= 15 is 0 Å². The highest BCUT2D eigenvalue weighted by molar-refractivity contribution is 6.06. The van der Waals surface area contributed by atoms with E-state index in [1.165, 1.54) is 12.0 Å². The summed E-state index contributed by atoms with van der Waals surface area (Å²) in [6.07, 6.45) is 18.5. The lowest BCUT2D eigenvalue weighted by molar-refractivity contribution is -0.140. The molecule has 8 unspecified atom stereocenters. The van der Waals surface area contributed by atoms with Crippen LogP contribution in [0, 0.1) is 34.5 Å². The van der Waals surface area contributed by atoms with E-state index in [0.29, 0.717) is 24.0 Å². The van der Waals surface area contributed by atoms with Gasteiger partial charge in [-0.1, -0.05) is 38.0 Å². The molecule has 5 rings (SSSR count). The normalized spacial score (nSPS) is 42.9. The molecular weight excluding hydrogens is 468 g/mol. The Morgan fingerprint density at radius 1 is 1.16 bits per heavy atom. The van der Waals surface area contributed by atoms with Crippen LogP contribution >= 0.6 is 0 Å². The van der Waals surface area contributed by atoms with Crippen LogP contribution in [0.3, 0.4) is 0 Å². The Bertz CT molecular complexity index is 1030. The Hall–Kier alpha value is -2.25. The van der Waals surface area contributed by atoms with Crippen LogP contribution in [0.2, 0.25) is 0 Å². The molecule has 0 bridgehead atoms. The number of ether oxygens (including phenoxy) is 1. The Balaban J connectivity index is 1.28. The zero-order valence-electron chi connectivity index (χ0n) is 22.2. The van der Waals surface area contributed by atoms with E-state index in [4.69, 9.17) is 4.74 Å². The first-order chi connectivity index (χ1) is 17.8. The van der Waals surface area contributed by atoms with Crippen LogP contribution in [0.4, 0.5) is 4.79 Å². The van der Waals surface area contributed by atoms with Crippen molar-refractivity contribution in [1.29, 1.82) is 0 Å². The minimum atomic E-state index is -0.540. The van der Waals surface area contributed by atoms with Gasteiger partial charge in [0.25, 0.3) is 0 Å². The molecule has 1 amide bonds. The number of ketones is 1. The fourth-order valence-electron chi connectivity index (χ4n) is 8.55. The average Bonchev–Trinajstić information content (AvgIpc) is 3.20. The summed E-state index contributed by atoms with van der Waals surface area (Å²) in [4.78, 5) is 24.9. The number of allylic oxidation sites excluding steroid dienone is 5. The van der Waals surface area contributed by atoms with Crippen LogP contribution in [0.1, 0.15) is 78.1 Å². The molecule has 7 heteroatoms. The third kappa shape index (κ3) is 4.85. The number of nitrogens with zero attached hydrogens (tertiary/aromatic N) is 1. The zero-order chi connectivity index (χ0) is 26.2. The first-order valence-electron chi connectivity index (χ1n) is 14.2. The summed E-state index contributed by atoms with van der Waals surface area (Å²) < 4.78 is 5.55. The number of Topliss-reactive ketones (excluding diaryl/α,β-unsaturated/α-hetero) is 1. The maximum absolute atomic E-state index is 12.5. The van der Waals surface area contributed by atoms with Gasteiger partial charge in [0, 0.05) is 17.3 Å². The Morgan fingerprint density at radius 3 is 2.81 bits per heavy atom. The van der Waals surface area contributed by atoms with E-state index in [9.17, 15) is 19.8 Å². The summed E-state index contributed by atoms with van der Waals surface area (Å²) in [5.41, 5.74) is 3.94. The smallest absolute Gasteiger partial charge is 0.428 e. The van der Waals surface area contributed by atoms with Crippen molar-refractivity contribution >= 4 is 17.6 Å². The Kier molecular flexibility index (Phi) is 7.47. The maximum Gasteiger partial charge on any atom is 0.428 e. The minimum absolute atomic E-state index is 0.0757. The van der Waals surface area contributed by atoms with E-state index in [1.807, 2.05) is 12.2 Å². The summed E-state index contributed by atoms with van der Waals surface area (Å²) in [7, 11) is 0. The van der Waals surface area contributed by atoms with Crippen LogP contribution in [0.15, 0.2) is 41.1 Å². The molecule has 0 aromatic carbocycles. The fraction of sp³-hybridized carbons (Fsp3) is 0.700. The molecule has 0 radical (unpaired) electrons. The van der Waals surface area contributed by atoms with Crippen molar-refractivity contribution in [2.24, 2.45) is 39.6 Å². The third-order valence-corrected chi connectivity index (χ3v) is 10.3. The lowest BCUT2D eigenvalue weighted by Crippen LogP contribution is -2.56. The van der Waals surface area contributed by atoms with Crippen molar-refractivity contribution in [3.05, 3.63) is 36.0 Å². The highest BCUT2D eigenvalue weighted by atomic mass is 16.6. The molecule has 0 spiro atoms. The molecule has 7 nitrogen and oxygen atoms in total. The van der Waals surface area contributed by atoms with Gasteiger partial charge >= 0.3 is 6.09 Å². The number of nitrogens with one attached hydrogen (secondary N) is 1. The number of hydrazone groups is 1. The molecule has 5 aliphatic carbocycles. The molecular formula is C30H42N2O5. The SMILES string of the molecule is CC12C=C/C(=N\NC(=O)OC3/C=C/CCCCC3)C=C1CCC1C2C(O)CC2(C)C(C(=O)CO)CCC12. The zero-order valence-corrected chi connectivity index (χ0v) is 22.2. The number of carbonyl (C=O) groups excluding carboxylic acids is 2.